The number of aromatic nitrogens is 2. The Morgan fingerprint density at radius 3 is 2.96 bits per heavy atom. The minimum atomic E-state index is -0.388. The van der Waals surface area contributed by atoms with Gasteiger partial charge in [-0.3, -0.25) is 9.59 Å². The van der Waals surface area contributed by atoms with Crippen LogP contribution in [0.15, 0.2) is 18.2 Å². The van der Waals surface area contributed by atoms with Gasteiger partial charge in [0.1, 0.15) is 11.6 Å². The molecule has 2 N–H and O–H groups in total. The lowest BCUT2D eigenvalue weighted by Gasteiger charge is -2.03. The number of ether oxygens (including phenoxy) is 3. The van der Waals surface area contributed by atoms with E-state index in [1.165, 1.54) is 7.11 Å². The number of nitrogens with zero attached hydrogens (tertiary/aromatic N) is 2. The van der Waals surface area contributed by atoms with Crippen molar-refractivity contribution in [3.8, 4) is 11.5 Å². The van der Waals surface area contributed by atoms with Crippen LogP contribution in [0, 0.1) is 0 Å². The van der Waals surface area contributed by atoms with Crippen LogP contribution in [0.2, 0.25) is 0 Å². The van der Waals surface area contributed by atoms with E-state index >= 15 is 0 Å². The maximum Gasteiger partial charge on any atom is 0.286 e. The third-order valence-corrected chi connectivity index (χ3v) is 3.93. The summed E-state index contributed by atoms with van der Waals surface area (Å²) in [6, 6.07) is 5.10. The number of nitrogens with one attached hydrogen (secondary N) is 2. The maximum atomic E-state index is 12.2. The van der Waals surface area contributed by atoms with Crippen LogP contribution >= 0.6 is 11.3 Å². The zero-order valence-electron chi connectivity index (χ0n) is 12.7. The molecule has 24 heavy (non-hydrogen) atoms. The molecule has 0 saturated heterocycles. The molecule has 1 aliphatic rings. The smallest absolute Gasteiger partial charge is 0.286 e. The first-order valence-corrected chi connectivity index (χ1v) is 7.76. The lowest BCUT2D eigenvalue weighted by Crippen LogP contribution is -2.26. The van der Waals surface area contributed by atoms with Gasteiger partial charge in [0.15, 0.2) is 11.5 Å². The minimum Gasteiger partial charge on any atom is -0.454 e. The molecule has 9 nitrogen and oxygen atoms in total. The molecule has 1 aromatic heterocycles. The lowest BCUT2D eigenvalue weighted by molar-refractivity contribution is -0.124. The Bertz CT molecular complexity index is 763. The molecule has 0 spiro atoms. The van der Waals surface area contributed by atoms with E-state index in [-0.39, 0.29) is 36.8 Å². The molecule has 2 aromatic rings. The van der Waals surface area contributed by atoms with Crippen molar-refractivity contribution in [3.63, 3.8) is 0 Å². The van der Waals surface area contributed by atoms with Crippen LogP contribution in [-0.2, 0) is 16.1 Å². The summed E-state index contributed by atoms with van der Waals surface area (Å²) >= 11 is 1.10. The molecular formula is C14H14N4O5S. The molecule has 0 atom stereocenters. The number of hydrogen-bond donors (Lipinski definition) is 2. The first-order chi connectivity index (χ1) is 11.7. The van der Waals surface area contributed by atoms with Crippen LogP contribution in [0.3, 0.4) is 0 Å². The second kappa shape index (κ2) is 7.23. The molecule has 0 fully saturated rings. The van der Waals surface area contributed by atoms with E-state index in [0.29, 0.717) is 22.2 Å². The number of fused-ring (bicyclic) bond motifs is 1. The maximum absolute atomic E-state index is 12.2. The third kappa shape index (κ3) is 3.78. The van der Waals surface area contributed by atoms with Gasteiger partial charge in [0.2, 0.25) is 17.7 Å². The van der Waals surface area contributed by atoms with E-state index < -0.39 is 0 Å². The molecule has 1 aliphatic heterocycles. The molecule has 0 bridgehead atoms. The van der Waals surface area contributed by atoms with Gasteiger partial charge < -0.3 is 24.8 Å². The van der Waals surface area contributed by atoms with Crippen LogP contribution in [0.4, 0.5) is 5.69 Å². The normalized spacial score (nSPS) is 12.0. The summed E-state index contributed by atoms with van der Waals surface area (Å²) in [5, 5.41) is 13.7. The standard InChI is InChI=1S/C14H14N4O5S/c1-21-6-11(19)15-5-12-17-18-14(24-12)13(20)16-8-2-3-9-10(4-8)23-7-22-9/h2-4H,5-7H2,1H3,(H,15,19)(H,16,20). The van der Waals surface area contributed by atoms with Gasteiger partial charge in [-0.15, -0.1) is 10.2 Å². The Hall–Kier alpha value is -2.72. The summed E-state index contributed by atoms with van der Waals surface area (Å²) in [6.07, 6.45) is 0. The van der Waals surface area contributed by atoms with E-state index in [0.717, 1.165) is 11.3 Å². The van der Waals surface area contributed by atoms with Crippen LogP contribution in [0.1, 0.15) is 14.8 Å². The number of benzene rings is 1. The van der Waals surface area contributed by atoms with Gasteiger partial charge in [-0.2, -0.15) is 0 Å². The van der Waals surface area contributed by atoms with Crippen molar-refractivity contribution in [1.82, 2.24) is 15.5 Å². The fourth-order valence-electron chi connectivity index (χ4n) is 1.93. The van der Waals surface area contributed by atoms with Crippen LogP contribution in [-0.4, -0.2) is 42.5 Å². The number of anilines is 1. The Kier molecular flexibility index (Phi) is 4.87. The van der Waals surface area contributed by atoms with Gasteiger partial charge in [0.05, 0.1) is 6.54 Å². The molecular weight excluding hydrogens is 336 g/mol. The third-order valence-electron chi connectivity index (χ3n) is 3.00. The zero-order chi connectivity index (χ0) is 16.9. The largest absolute Gasteiger partial charge is 0.454 e. The highest BCUT2D eigenvalue weighted by molar-refractivity contribution is 7.13. The molecule has 3 rings (SSSR count). The average molecular weight is 350 g/mol. The van der Waals surface area contributed by atoms with Crippen molar-refractivity contribution in [2.75, 3.05) is 25.8 Å². The Morgan fingerprint density at radius 1 is 1.29 bits per heavy atom. The number of hydrogen-bond acceptors (Lipinski definition) is 8. The number of carbonyl (C=O) groups excluding carboxylic acids is 2. The van der Waals surface area contributed by atoms with Crippen molar-refractivity contribution in [1.29, 1.82) is 0 Å². The molecule has 126 valence electrons. The highest BCUT2D eigenvalue weighted by Crippen LogP contribution is 2.34. The molecule has 10 heteroatoms. The summed E-state index contributed by atoms with van der Waals surface area (Å²) in [5.74, 6) is 0.560. The van der Waals surface area contributed by atoms with Crippen LogP contribution in [0.5, 0.6) is 11.5 Å². The van der Waals surface area contributed by atoms with Gasteiger partial charge in [0, 0.05) is 18.9 Å². The van der Waals surface area contributed by atoms with E-state index in [2.05, 4.69) is 20.8 Å². The zero-order valence-corrected chi connectivity index (χ0v) is 13.5. The molecule has 0 unspecified atom stereocenters. The summed E-state index contributed by atoms with van der Waals surface area (Å²) in [6.45, 7) is 0.328. The first-order valence-electron chi connectivity index (χ1n) is 6.94. The SMILES string of the molecule is COCC(=O)NCc1nnc(C(=O)Nc2ccc3c(c2)OCO3)s1. The van der Waals surface area contributed by atoms with Crippen LogP contribution in [0.25, 0.3) is 0 Å². The second-order valence-corrected chi connectivity index (χ2v) is 5.79. The fourth-order valence-corrected chi connectivity index (χ4v) is 2.61. The number of rotatable bonds is 6. The van der Waals surface area contributed by atoms with E-state index in [4.69, 9.17) is 14.2 Å². The summed E-state index contributed by atoms with van der Waals surface area (Å²) in [7, 11) is 1.43. The molecule has 2 amide bonds. The van der Waals surface area contributed by atoms with Gasteiger partial charge in [-0.25, -0.2) is 0 Å². The van der Waals surface area contributed by atoms with Crippen molar-refractivity contribution >= 4 is 28.8 Å². The summed E-state index contributed by atoms with van der Waals surface area (Å²) < 4.78 is 15.2. The van der Waals surface area contributed by atoms with E-state index in [1.807, 2.05) is 0 Å². The van der Waals surface area contributed by atoms with Crippen molar-refractivity contribution in [3.05, 3.63) is 28.2 Å². The summed E-state index contributed by atoms with van der Waals surface area (Å²) in [5.41, 5.74) is 0.564. The summed E-state index contributed by atoms with van der Waals surface area (Å²) in [4.78, 5) is 23.5. The number of carbonyl (C=O) groups is 2. The van der Waals surface area contributed by atoms with Gasteiger partial charge >= 0.3 is 0 Å². The topological polar surface area (TPSA) is 112 Å². The predicted octanol–water partition coefficient (Wildman–Crippen LogP) is 0.782. The van der Waals surface area contributed by atoms with Crippen LogP contribution < -0.4 is 20.1 Å². The van der Waals surface area contributed by atoms with E-state index in [1.54, 1.807) is 18.2 Å². The van der Waals surface area contributed by atoms with Gasteiger partial charge in [-0.05, 0) is 12.1 Å². The second-order valence-electron chi connectivity index (χ2n) is 4.73. The number of amides is 2. The average Bonchev–Trinajstić information content (AvgIpc) is 3.22. The number of methoxy groups -OCH3 is 1. The van der Waals surface area contributed by atoms with Gasteiger partial charge in [0.25, 0.3) is 5.91 Å². The van der Waals surface area contributed by atoms with Crippen molar-refractivity contribution in [2.24, 2.45) is 0 Å². The van der Waals surface area contributed by atoms with Crippen molar-refractivity contribution < 1.29 is 23.8 Å². The monoisotopic (exact) mass is 350 g/mol. The Labute approximate surface area is 140 Å². The van der Waals surface area contributed by atoms with Crippen molar-refractivity contribution in [2.45, 2.75) is 6.54 Å². The highest BCUT2D eigenvalue weighted by atomic mass is 32.1. The fraction of sp³-hybridized carbons (Fsp3) is 0.286. The first kappa shape index (κ1) is 16.1. The molecule has 0 saturated carbocycles. The molecule has 0 radical (unpaired) electrons. The molecule has 0 aliphatic carbocycles. The molecule has 2 heterocycles. The highest BCUT2D eigenvalue weighted by Gasteiger charge is 2.17. The quantitative estimate of drug-likeness (QED) is 0.792. The Morgan fingerprint density at radius 2 is 2.12 bits per heavy atom. The van der Waals surface area contributed by atoms with E-state index in [9.17, 15) is 9.59 Å². The predicted molar refractivity (Wildman–Crippen MR) is 84.1 cm³/mol. The lowest BCUT2D eigenvalue weighted by atomic mass is 10.3. The minimum absolute atomic E-state index is 0.0315. The van der Waals surface area contributed by atoms with Gasteiger partial charge in [-0.1, -0.05) is 11.3 Å². The Balaban J connectivity index is 1.58. The molecule has 1 aromatic carbocycles.